The van der Waals surface area contributed by atoms with Gasteiger partial charge in [-0.15, -0.1) is 0 Å². The summed E-state index contributed by atoms with van der Waals surface area (Å²) >= 11 is 0. The molecule has 1 unspecified atom stereocenters. The van der Waals surface area contributed by atoms with Crippen molar-refractivity contribution in [1.29, 1.82) is 0 Å². The predicted octanol–water partition coefficient (Wildman–Crippen LogP) is 2.63. The van der Waals surface area contributed by atoms with Gasteiger partial charge in [-0.3, -0.25) is 4.90 Å². The molecule has 0 radical (unpaired) electrons. The molecule has 3 rings (SSSR count). The van der Waals surface area contributed by atoms with Crippen molar-refractivity contribution in [1.82, 2.24) is 4.90 Å². The quantitative estimate of drug-likeness (QED) is 0.782. The van der Waals surface area contributed by atoms with E-state index in [9.17, 15) is 0 Å². The molecule has 0 saturated carbocycles. The summed E-state index contributed by atoms with van der Waals surface area (Å²) in [5.41, 5.74) is 12.6. The molecule has 0 aromatic heterocycles. The van der Waals surface area contributed by atoms with Crippen LogP contribution in [0, 0.1) is 6.92 Å². The van der Waals surface area contributed by atoms with Gasteiger partial charge in [0.2, 0.25) is 0 Å². The van der Waals surface area contributed by atoms with Gasteiger partial charge in [-0.25, -0.2) is 4.99 Å². The van der Waals surface area contributed by atoms with Crippen molar-refractivity contribution in [2.75, 3.05) is 19.8 Å². The van der Waals surface area contributed by atoms with Gasteiger partial charge < -0.3 is 5.73 Å². The van der Waals surface area contributed by atoms with Crippen LogP contribution < -0.4 is 5.73 Å². The highest BCUT2D eigenvalue weighted by molar-refractivity contribution is 6.12. The number of nitrogens with two attached hydrogens (primary N) is 1. The van der Waals surface area contributed by atoms with Crippen LogP contribution in [-0.4, -0.2) is 30.7 Å². The first-order chi connectivity index (χ1) is 9.04. The van der Waals surface area contributed by atoms with Crippen molar-refractivity contribution in [2.24, 2.45) is 4.99 Å². The van der Waals surface area contributed by atoms with Crippen LogP contribution in [0.1, 0.15) is 11.1 Å². The van der Waals surface area contributed by atoms with Crippen LogP contribution in [0.5, 0.6) is 0 Å². The first-order valence-corrected chi connectivity index (χ1v) is 6.58. The Morgan fingerprint density at radius 2 is 2.11 bits per heavy atom. The molecule has 1 atom stereocenters. The number of benzene rings is 1. The molecule has 1 aliphatic heterocycles. The predicted molar refractivity (Wildman–Crippen MR) is 81.1 cm³/mol. The smallest absolute Gasteiger partial charge is 0.0676 e. The normalized spacial score (nSPS) is 20.7. The van der Waals surface area contributed by atoms with Crippen LogP contribution >= 0.6 is 0 Å². The average molecular weight is 253 g/mol. The highest BCUT2D eigenvalue weighted by Gasteiger charge is 2.21. The number of rotatable bonds is 1. The topological polar surface area (TPSA) is 41.6 Å². The lowest BCUT2D eigenvalue weighted by Crippen LogP contribution is -2.28. The van der Waals surface area contributed by atoms with Gasteiger partial charge in [0.15, 0.2) is 0 Å². The molecule has 2 aliphatic rings. The van der Waals surface area contributed by atoms with Gasteiger partial charge in [-0.05, 0) is 55.9 Å². The second-order valence-corrected chi connectivity index (χ2v) is 5.52. The number of nitrogens with zero attached hydrogens (tertiary/aromatic N) is 2. The van der Waals surface area contributed by atoms with E-state index in [-0.39, 0.29) is 0 Å². The SMILES string of the molecule is Cc1cc2c(cc1N)CC1=CC(N(C)C)C=CC1=N2. The Bertz CT molecular complexity index is 621. The summed E-state index contributed by atoms with van der Waals surface area (Å²) in [6, 6.07) is 4.51. The fourth-order valence-corrected chi connectivity index (χ4v) is 2.56. The van der Waals surface area contributed by atoms with E-state index in [0.717, 1.165) is 29.1 Å². The molecule has 3 heteroatoms. The van der Waals surface area contributed by atoms with Crippen LogP contribution in [0.3, 0.4) is 0 Å². The fourth-order valence-electron chi connectivity index (χ4n) is 2.56. The fraction of sp³-hybridized carbons (Fsp3) is 0.312. The van der Waals surface area contributed by atoms with E-state index in [1.54, 1.807) is 0 Å². The molecule has 1 aromatic carbocycles. The lowest BCUT2D eigenvalue weighted by Gasteiger charge is -2.26. The van der Waals surface area contributed by atoms with Crippen LogP contribution in [0.15, 0.2) is 40.9 Å². The maximum Gasteiger partial charge on any atom is 0.0676 e. The summed E-state index contributed by atoms with van der Waals surface area (Å²) in [4.78, 5) is 6.94. The first-order valence-electron chi connectivity index (χ1n) is 6.58. The number of hydrogen-bond donors (Lipinski definition) is 1. The van der Waals surface area contributed by atoms with E-state index in [1.807, 2.05) is 6.92 Å². The Morgan fingerprint density at radius 3 is 2.84 bits per heavy atom. The minimum Gasteiger partial charge on any atom is -0.399 e. The van der Waals surface area contributed by atoms with E-state index in [4.69, 9.17) is 10.7 Å². The van der Waals surface area contributed by atoms with Gasteiger partial charge in [0.25, 0.3) is 0 Å². The summed E-state index contributed by atoms with van der Waals surface area (Å²) in [5, 5.41) is 0. The van der Waals surface area contributed by atoms with Gasteiger partial charge in [-0.1, -0.05) is 12.2 Å². The number of likely N-dealkylation sites (N-methyl/N-ethyl adjacent to an activating group) is 1. The van der Waals surface area contributed by atoms with Crippen molar-refractivity contribution in [3.05, 3.63) is 47.1 Å². The van der Waals surface area contributed by atoms with Crippen molar-refractivity contribution < 1.29 is 0 Å². The molecule has 2 N–H and O–H groups in total. The molecular weight excluding hydrogens is 234 g/mol. The largest absolute Gasteiger partial charge is 0.399 e. The third kappa shape index (κ3) is 2.10. The van der Waals surface area contributed by atoms with Crippen LogP contribution in [0.4, 0.5) is 11.4 Å². The summed E-state index contributed by atoms with van der Waals surface area (Å²) in [6.45, 7) is 2.03. The molecule has 0 fully saturated rings. The zero-order valence-corrected chi connectivity index (χ0v) is 11.6. The molecule has 1 aliphatic carbocycles. The number of allylic oxidation sites excluding steroid dienone is 2. The maximum absolute atomic E-state index is 6.00. The van der Waals surface area contributed by atoms with Crippen molar-refractivity contribution in [3.8, 4) is 0 Å². The minimum atomic E-state index is 0.360. The molecule has 1 heterocycles. The summed E-state index contributed by atoms with van der Waals surface area (Å²) in [5.74, 6) is 0. The third-order valence-electron chi connectivity index (χ3n) is 3.84. The first kappa shape index (κ1) is 12.2. The summed E-state index contributed by atoms with van der Waals surface area (Å²) in [6.07, 6.45) is 7.54. The zero-order chi connectivity index (χ0) is 13.6. The molecule has 0 amide bonds. The van der Waals surface area contributed by atoms with Gasteiger partial charge in [-0.2, -0.15) is 0 Å². The van der Waals surface area contributed by atoms with Crippen molar-refractivity contribution in [2.45, 2.75) is 19.4 Å². The molecule has 1 aromatic rings. The molecule has 19 heavy (non-hydrogen) atoms. The van der Waals surface area contributed by atoms with Gasteiger partial charge >= 0.3 is 0 Å². The second-order valence-electron chi connectivity index (χ2n) is 5.52. The number of nitrogen functional groups attached to an aromatic ring is 1. The van der Waals surface area contributed by atoms with Crippen LogP contribution in [0.25, 0.3) is 0 Å². The molecular formula is C16H19N3. The number of anilines is 1. The molecule has 98 valence electrons. The Kier molecular flexibility index (Phi) is 2.79. The lowest BCUT2D eigenvalue weighted by atomic mass is 9.90. The molecule has 0 bridgehead atoms. The van der Waals surface area contributed by atoms with E-state index >= 15 is 0 Å². The Balaban J connectivity index is 2.04. The van der Waals surface area contributed by atoms with Gasteiger partial charge in [0.05, 0.1) is 11.4 Å². The van der Waals surface area contributed by atoms with E-state index < -0.39 is 0 Å². The van der Waals surface area contributed by atoms with E-state index in [0.29, 0.717) is 6.04 Å². The number of aryl methyl sites for hydroxylation is 1. The van der Waals surface area contributed by atoms with Crippen LogP contribution in [-0.2, 0) is 6.42 Å². The highest BCUT2D eigenvalue weighted by atomic mass is 15.1. The Hall–Kier alpha value is -1.87. The number of hydrogen-bond acceptors (Lipinski definition) is 3. The monoisotopic (exact) mass is 253 g/mol. The molecule has 3 nitrogen and oxygen atoms in total. The second kappa shape index (κ2) is 4.35. The standard InChI is InChI=1S/C16H19N3/c1-10-6-16-12(9-14(10)17)7-11-8-13(19(2)3)4-5-15(11)18-16/h4-6,8-9,13H,7,17H2,1-3H3. The van der Waals surface area contributed by atoms with Crippen molar-refractivity contribution in [3.63, 3.8) is 0 Å². The maximum atomic E-state index is 6.00. The third-order valence-corrected chi connectivity index (χ3v) is 3.84. The van der Waals surface area contributed by atoms with Gasteiger partial charge in [0, 0.05) is 18.2 Å². The van der Waals surface area contributed by atoms with Crippen molar-refractivity contribution >= 4 is 17.1 Å². The minimum absolute atomic E-state index is 0.360. The lowest BCUT2D eigenvalue weighted by molar-refractivity contribution is 0.390. The summed E-state index contributed by atoms with van der Waals surface area (Å²) in [7, 11) is 4.18. The Morgan fingerprint density at radius 1 is 1.32 bits per heavy atom. The summed E-state index contributed by atoms with van der Waals surface area (Å²) < 4.78 is 0. The molecule has 0 saturated heterocycles. The van der Waals surface area contributed by atoms with Gasteiger partial charge in [0.1, 0.15) is 0 Å². The Labute approximate surface area is 114 Å². The molecule has 0 spiro atoms. The van der Waals surface area contributed by atoms with Crippen LogP contribution in [0.2, 0.25) is 0 Å². The number of aliphatic imine (C=N–C) groups is 1. The average Bonchev–Trinajstić information content (AvgIpc) is 2.37. The van der Waals surface area contributed by atoms with E-state index in [2.05, 4.69) is 49.4 Å². The van der Waals surface area contributed by atoms with E-state index in [1.165, 1.54) is 11.1 Å². The highest BCUT2D eigenvalue weighted by Crippen LogP contribution is 2.33. The zero-order valence-electron chi connectivity index (χ0n) is 11.6. The number of fused-ring (bicyclic) bond motifs is 2.